The minimum Gasteiger partial charge on any atom is -0.497 e. The molecule has 7 heteroatoms. The van der Waals surface area contributed by atoms with Crippen LogP contribution < -0.4 is 9.64 Å². The van der Waals surface area contributed by atoms with Gasteiger partial charge in [0.15, 0.2) is 9.84 Å². The van der Waals surface area contributed by atoms with Gasteiger partial charge >= 0.3 is 0 Å². The van der Waals surface area contributed by atoms with Gasteiger partial charge in [-0.25, -0.2) is 8.42 Å². The van der Waals surface area contributed by atoms with Crippen molar-refractivity contribution in [1.82, 2.24) is 0 Å². The maximum atomic E-state index is 12.2. The van der Waals surface area contributed by atoms with E-state index < -0.39 is 15.1 Å². The number of aryl methyl sites for hydroxylation is 1. The number of ether oxygens (including phenoxy) is 1. The lowest BCUT2D eigenvalue weighted by Gasteiger charge is -2.23. The zero-order chi connectivity index (χ0) is 18.1. The van der Waals surface area contributed by atoms with Crippen molar-refractivity contribution < 1.29 is 17.9 Å². The van der Waals surface area contributed by atoms with Crippen molar-refractivity contribution in [2.45, 2.75) is 11.8 Å². The van der Waals surface area contributed by atoms with Crippen LogP contribution in [-0.4, -0.2) is 34.1 Å². The van der Waals surface area contributed by atoms with Crippen molar-refractivity contribution in [2.24, 2.45) is 0 Å². The summed E-state index contributed by atoms with van der Waals surface area (Å²) in [5.74, 6) is 0.703. The molecule has 0 heterocycles. The molecule has 0 aromatic heterocycles. The van der Waals surface area contributed by atoms with Crippen LogP contribution >= 0.6 is 11.6 Å². The van der Waals surface area contributed by atoms with E-state index in [4.69, 9.17) is 16.3 Å². The van der Waals surface area contributed by atoms with E-state index in [-0.39, 0.29) is 10.5 Å². The average molecular weight is 368 g/mol. The van der Waals surface area contributed by atoms with Crippen molar-refractivity contribution >= 4 is 38.1 Å². The molecule has 2 aromatic rings. The van der Waals surface area contributed by atoms with Gasteiger partial charge in [-0.2, -0.15) is 0 Å². The number of anilines is 2. The maximum absolute atomic E-state index is 12.2. The molecule has 0 spiro atoms. The van der Waals surface area contributed by atoms with Gasteiger partial charge in [0.05, 0.1) is 17.7 Å². The van der Waals surface area contributed by atoms with Crippen LogP contribution in [0, 0.1) is 6.92 Å². The van der Waals surface area contributed by atoms with Crippen molar-refractivity contribution in [3.63, 3.8) is 0 Å². The molecule has 128 valence electrons. The van der Waals surface area contributed by atoms with Gasteiger partial charge in [-0.3, -0.25) is 4.79 Å². The maximum Gasteiger partial charge on any atom is 0.252 e. The van der Waals surface area contributed by atoms with E-state index in [1.807, 2.05) is 12.1 Å². The van der Waals surface area contributed by atoms with E-state index in [2.05, 4.69) is 0 Å². The molecule has 0 aliphatic heterocycles. The highest BCUT2D eigenvalue weighted by atomic mass is 35.5. The van der Waals surface area contributed by atoms with E-state index in [0.29, 0.717) is 17.0 Å². The first-order valence-electron chi connectivity index (χ1n) is 7.07. The first kappa shape index (κ1) is 18.3. The summed E-state index contributed by atoms with van der Waals surface area (Å²) in [4.78, 5) is 13.3. The quantitative estimate of drug-likeness (QED) is 0.756. The van der Waals surface area contributed by atoms with Crippen LogP contribution in [0.15, 0.2) is 41.3 Å². The molecule has 0 unspecified atom stereocenters. The Kier molecular flexibility index (Phi) is 5.20. The van der Waals surface area contributed by atoms with E-state index in [9.17, 15) is 13.2 Å². The molecule has 24 heavy (non-hydrogen) atoms. The number of rotatable bonds is 5. The molecule has 0 aliphatic carbocycles. The summed E-state index contributed by atoms with van der Waals surface area (Å²) in [6.07, 6.45) is 1.10. The molecule has 0 fully saturated rings. The fourth-order valence-corrected chi connectivity index (χ4v) is 3.50. The number of hydrogen-bond donors (Lipinski definition) is 0. The Morgan fingerprint density at radius 3 is 2.21 bits per heavy atom. The van der Waals surface area contributed by atoms with Crippen LogP contribution in [-0.2, 0) is 9.84 Å². The second-order valence-electron chi connectivity index (χ2n) is 5.44. The van der Waals surface area contributed by atoms with Crippen LogP contribution in [0.1, 0.15) is 15.9 Å². The fourth-order valence-electron chi connectivity index (χ4n) is 2.39. The van der Waals surface area contributed by atoms with Crippen molar-refractivity contribution in [3.8, 4) is 5.75 Å². The van der Waals surface area contributed by atoms with Gasteiger partial charge in [0, 0.05) is 24.6 Å². The van der Waals surface area contributed by atoms with Crippen LogP contribution in [0.25, 0.3) is 0 Å². The van der Waals surface area contributed by atoms with Gasteiger partial charge in [0.25, 0.3) is 5.24 Å². The largest absolute Gasteiger partial charge is 0.497 e. The van der Waals surface area contributed by atoms with E-state index in [1.54, 1.807) is 44.2 Å². The van der Waals surface area contributed by atoms with Gasteiger partial charge in [0.2, 0.25) is 0 Å². The molecular formula is C17H18ClNO4S. The van der Waals surface area contributed by atoms with Crippen LogP contribution in [0.5, 0.6) is 5.75 Å². The third kappa shape index (κ3) is 3.71. The zero-order valence-corrected chi connectivity index (χ0v) is 15.4. The molecule has 0 saturated heterocycles. The highest BCUT2D eigenvalue weighted by Gasteiger charge is 2.21. The Labute approximate surface area is 146 Å². The predicted molar refractivity (Wildman–Crippen MR) is 95.5 cm³/mol. The Hall–Kier alpha value is -2.05. The Morgan fingerprint density at radius 1 is 1.17 bits per heavy atom. The van der Waals surface area contributed by atoms with Crippen LogP contribution in [0.4, 0.5) is 11.4 Å². The van der Waals surface area contributed by atoms with E-state index in [1.165, 1.54) is 6.07 Å². The van der Waals surface area contributed by atoms with E-state index in [0.717, 1.165) is 11.9 Å². The molecule has 2 rings (SSSR count). The molecule has 0 amide bonds. The molecule has 0 aliphatic rings. The topological polar surface area (TPSA) is 63.7 Å². The molecule has 0 atom stereocenters. The number of nitrogens with zero attached hydrogens (tertiary/aromatic N) is 1. The molecule has 0 radical (unpaired) electrons. The highest BCUT2D eigenvalue weighted by Crippen LogP contribution is 2.33. The fraction of sp³-hybridized carbons (Fsp3) is 0.235. The molecule has 2 aromatic carbocycles. The number of methoxy groups -OCH3 is 1. The second kappa shape index (κ2) is 6.83. The summed E-state index contributed by atoms with van der Waals surface area (Å²) < 4.78 is 29.5. The minimum atomic E-state index is -3.55. The third-order valence-electron chi connectivity index (χ3n) is 3.74. The minimum absolute atomic E-state index is 0.0513. The Morgan fingerprint density at radius 2 is 1.75 bits per heavy atom. The smallest absolute Gasteiger partial charge is 0.252 e. The van der Waals surface area contributed by atoms with Gasteiger partial charge in [-0.15, -0.1) is 0 Å². The second-order valence-corrected chi connectivity index (χ2v) is 7.77. The summed E-state index contributed by atoms with van der Waals surface area (Å²) in [6.45, 7) is 1.72. The normalized spacial score (nSPS) is 11.2. The number of sulfone groups is 1. The van der Waals surface area contributed by atoms with Gasteiger partial charge in [-0.1, -0.05) is 0 Å². The molecular weight excluding hydrogens is 350 g/mol. The van der Waals surface area contributed by atoms with Gasteiger partial charge in [-0.05, 0) is 60.5 Å². The highest BCUT2D eigenvalue weighted by molar-refractivity contribution is 7.90. The summed E-state index contributed by atoms with van der Waals surface area (Å²) >= 11 is 5.55. The SMILES string of the molecule is COc1ccc(N(C)c2cc(C)c(C(=O)Cl)cc2S(C)(=O)=O)cc1. The van der Waals surface area contributed by atoms with E-state index >= 15 is 0 Å². The number of benzene rings is 2. The first-order chi connectivity index (χ1) is 11.1. The number of carbonyl (C=O) groups is 1. The summed E-state index contributed by atoms with van der Waals surface area (Å²) in [5, 5.41) is -0.684. The summed E-state index contributed by atoms with van der Waals surface area (Å²) in [7, 11) is -0.217. The molecule has 0 N–H and O–H groups in total. The van der Waals surface area contributed by atoms with Crippen molar-refractivity contribution in [2.75, 3.05) is 25.3 Å². The molecule has 0 bridgehead atoms. The predicted octanol–water partition coefficient (Wildman–Crippen LogP) is 3.55. The van der Waals surface area contributed by atoms with Crippen molar-refractivity contribution in [3.05, 3.63) is 47.5 Å². The van der Waals surface area contributed by atoms with Gasteiger partial charge < -0.3 is 9.64 Å². The van der Waals surface area contributed by atoms with Gasteiger partial charge in [0.1, 0.15) is 5.75 Å². The monoisotopic (exact) mass is 367 g/mol. The first-order valence-corrected chi connectivity index (χ1v) is 9.34. The molecule has 0 saturated carbocycles. The lowest BCUT2D eigenvalue weighted by Crippen LogP contribution is -2.15. The molecule has 5 nitrogen and oxygen atoms in total. The number of halogens is 1. The summed E-state index contributed by atoms with van der Waals surface area (Å²) in [5.41, 5.74) is 2.05. The van der Waals surface area contributed by atoms with Crippen LogP contribution in [0.3, 0.4) is 0 Å². The van der Waals surface area contributed by atoms with Crippen molar-refractivity contribution in [1.29, 1.82) is 0 Å². The number of carbonyl (C=O) groups excluding carboxylic acids is 1. The lowest BCUT2D eigenvalue weighted by atomic mass is 10.1. The third-order valence-corrected chi connectivity index (χ3v) is 5.07. The van der Waals surface area contributed by atoms with Crippen LogP contribution in [0.2, 0.25) is 0 Å². The summed E-state index contributed by atoms with van der Waals surface area (Å²) in [6, 6.07) is 10.2. The Bertz CT molecular complexity index is 876. The average Bonchev–Trinajstić information content (AvgIpc) is 2.52. The lowest BCUT2D eigenvalue weighted by molar-refractivity contribution is 0.108. The Balaban J connectivity index is 2.63. The standard InChI is InChI=1S/C17H18ClNO4S/c1-11-9-15(16(24(4,21)22)10-14(11)17(18)20)19(2)12-5-7-13(23-3)8-6-12/h5-10H,1-4H3. The number of hydrogen-bond acceptors (Lipinski definition) is 5. The zero-order valence-electron chi connectivity index (χ0n) is 13.8.